The standard InChI is InChI=1S/C21H39N7O12/c1-5-21(36,4-30)16(18(37-5)40-17-9(26-2)13(34)10(31)6(3-29)38-17)39-15-8(28-20(24)25)11(32)7(27-19(22)23)12(33)14(15)35/h4-18,26,29,31-36H,3H2,1-2H3,(H4,22,23,27)(H4,24,25,28). The Morgan fingerprint density at radius 2 is 1.50 bits per heavy atom. The maximum Gasteiger partial charge on any atom is 0.190 e. The van der Waals surface area contributed by atoms with E-state index in [2.05, 4.69) is 15.3 Å². The number of rotatable bonds is 9. The highest BCUT2D eigenvalue weighted by Gasteiger charge is 2.61. The Hall–Kier alpha value is -2.27. The Labute approximate surface area is 228 Å². The fourth-order valence-corrected chi connectivity index (χ4v) is 5.08. The van der Waals surface area contributed by atoms with Gasteiger partial charge in [0.2, 0.25) is 0 Å². The van der Waals surface area contributed by atoms with Crippen LogP contribution in [0.2, 0.25) is 0 Å². The fraction of sp³-hybridized carbons (Fsp3) is 0.857. The molecule has 2 aliphatic heterocycles. The van der Waals surface area contributed by atoms with Crippen LogP contribution in [-0.4, -0.2) is 159 Å². The van der Waals surface area contributed by atoms with Crippen LogP contribution in [0.4, 0.5) is 0 Å². The highest BCUT2D eigenvalue weighted by molar-refractivity contribution is 5.76. The zero-order chi connectivity index (χ0) is 30.1. The third-order valence-corrected chi connectivity index (χ3v) is 7.34. The Balaban J connectivity index is 1.97. The third-order valence-electron chi connectivity index (χ3n) is 7.34. The Bertz CT molecular complexity index is 940. The SMILES string of the molecule is CNC1C(OC2OC(C)C(O)(C=O)C2OC2C(O)C(O)C(N=C(N)N)C(O)C2N=C(N)N)OC(CO)C(O)C1O. The number of ether oxygens (including phenoxy) is 4. The number of carbonyl (C=O) groups is 1. The maximum atomic E-state index is 12.1. The lowest BCUT2D eigenvalue weighted by molar-refractivity contribution is -0.325. The molecule has 0 bridgehead atoms. The molecule has 2 heterocycles. The minimum Gasteiger partial charge on any atom is -0.394 e. The summed E-state index contributed by atoms with van der Waals surface area (Å²) in [6, 6.07) is -4.10. The lowest BCUT2D eigenvalue weighted by atomic mass is 9.81. The molecular formula is C21H39N7O12. The first-order chi connectivity index (χ1) is 18.7. The molecule has 19 heteroatoms. The molecule has 1 aliphatic carbocycles. The summed E-state index contributed by atoms with van der Waals surface area (Å²) < 4.78 is 22.9. The van der Waals surface area contributed by atoms with Gasteiger partial charge in [-0.15, -0.1) is 0 Å². The number of carbonyl (C=O) groups excluding carboxylic acids is 1. The molecule has 1 saturated carbocycles. The van der Waals surface area contributed by atoms with Crippen molar-refractivity contribution in [3.8, 4) is 0 Å². The number of guanidine groups is 2. The molecule has 0 amide bonds. The van der Waals surface area contributed by atoms with Crippen molar-refractivity contribution in [2.45, 2.75) is 98.2 Å². The lowest BCUT2D eigenvalue weighted by Crippen LogP contribution is -2.67. The van der Waals surface area contributed by atoms with E-state index >= 15 is 0 Å². The molecule has 19 nitrogen and oxygen atoms in total. The molecule has 3 rings (SSSR count). The van der Waals surface area contributed by atoms with Crippen LogP contribution in [0, 0.1) is 0 Å². The first-order valence-corrected chi connectivity index (χ1v) is 12.4. The van der Waals surface area contributed by atoms with Gasteiger partial charge in [-0.25, -0.2) is 9.98 Å². The molecule has 0 spiro atoms. The van der Waals surface area contributed by atoms with Crippen LogP contribution in [-0.2, 0) is 23.7 Å². The van der Waals surface area contributed by atoms with E-state index in [4.69, 9.17) is 41.9 Å². The van der Waals surface area contributed by atoms with E-state index in [1.54, 1.807) is 0 Å². The van der Waals surface area contributed by atoms with E-state index in [-0.39, 0.29) is 6.29 Å². The van der Waals surface area contributed by atoms with Crippen molar-refractivity contribution in [1.29, 1.82) is 0 Å². The zero-order valence-corrected chi connectivity index (χ0v) is 21.7. The van der Waals surface area contributed by atoms with Crippen molar-refractivity contribution in [1.82, 2.24) is 5.32 Å². The van der Waals surface area contributed by atoms with Gasteiger partial charge in [0.05, 0.1) is 18.8 Å². The predicted molar refractivity (Wildman–Crippen MR) is 133 cm³/mol. The summed E-state index contributed by atoms with van der Waals surface area (Å²) in [6.45, 7) is 0.639. The number of nitrogens with zero attached hydrogens (tertiary/aromatic N) is 2. The number of hydrogen-bond donors (Lipinski definition) is 12. The number of aliphatic imine (C=N–C) groups is 2. The van der Waals surface area contributed by atoms with Crippen LogP contribution >= 0.6 is 0 Å². The van der Waals surface area contributed by atoms with Gasteiger partial charge in [-0.3, -0.25) is 4.79 Å². The first kappa shape index (κ1) is 32.2. The average molecular weight is 582 g/mol. The van der Waals surface area contributed by atoms with E-state index < -0.39 is 110 Å². The third kappa shape index (κ3) is 6.00. The minimum atomic E-state index is -2.42. The van der Waals surface area contributed by atoms with Gasteiger partial charge in [0.25, 0.3) is 0 Å². The summed E-state index contributed by atoms with van der Waals surface area (Å²) in [5.74, 6) is -1.06. The van der Waals surface area contributed by atoms with Crippen molar-refractivity contribution < 1.29 is 59.5 Å². The largest absolute Gasteiger partial charge is 0.394 e. The van der Waals surface area contributed by atoms with Crippen molar-refractivity contribution in [3.63, 3.8) is 0 Å². The van der Waals surface area contributed by atoms with E-state index in [9.17, 15) is 40.5 Å². The second-order valence-corrected chi connectivity index (χ2v) is 9.89. The maximum absolute atomic E-state index is 12.1. The summed E-state index contributed by atoms with van der Waals surface area (Å²) in [5.41, 5.74) is 19.4. The highest BCUT2D eigenvalue weighted by atomic mass is 16.8. The van der Waals surface area contributed by atoms with Crippen LogP contribution < -0.4 is 28.3 Å². The number of hydrogen-bond acceptors (Lipinski definition) is 15. The van der Waals surface area contributed by atoms with Gasteiger partial charge >= 0.3 is 0 Å². The second kappa shape index (κ2) is 12.7. The van der Waals surface area contributed by atoms with Gasteiger partial charge < -0.3 is 82.9 Å². The highest BCUT2D eigenvalue weighted by Crippen LogP contribution is 2.38. The normalized spacial score (nSPS) is 47.4. The molecule has 40 heavy (non-hydrogen) atoms. The molecule has 0 aromatic carbocycles. The first-order valence-electron chi connectivity index (χ1n) is 12.4. The van der Waals surface area contributed by atoms with E-state index in [0.29, 0.717) is 0 Å². The summed E-state index contributed by atoms with van der Waals surface area (Å²) >= 11 is 0. The Morgan fingerprint density at radius 1 is 0.900 bits per heavy atom. The van der Waals surface area contributed by atoms with Crippen LogP contribution in [0.15, 0.2) is 9.98 Å². The van der Waals surface area contributed by atoms with Crippen LogP contribution in [0.5, 0.6) is 0 Å². The van der Waals surface area contributed by atoms with Gasteiger partial charge in [0, 0.05) is 0 Å². The number of nitrogens with one attached hydrogen (secondary N) is 1. The zero-order valence-electron chi connectivity index (χ0n) is 21.7. The molecule has 0 aromatic heterocycles. The van der Waals surface area contributed by atoms with Gasteiger partial charge in [-0.05, 0) is 14.0 Å². The number of aliphatic hydroxyl groups excluding tert-OH is 6. The van der Waals surface area contributed by atoms with Crippen molar-refractivity contribution in [3.05, 3.63) is 0 Å². The summed E-state index contributed by atoms with van der Waals surface area (Å²) in [4.78, 5) is 19.7. The molecule has 0 aromatic rings. The molecule has 230 valence electrons. The summed E-state index contributed by atoms with van der Waals surface area (Å²) in [5, 5.41) is 76.7. The Morgan fingerprint density at radius 3 is 2.02 bits per heavy atom. The fourth-order valence-electron chi connectivity index (χ4n) is 5.08. The number of likely N-dealkylation sites (N-methyl/N-ethyl adjacent to an activating group) is 1. The van der Waals surface area contributed by atoms with Crippen LogP contribution in [0.25, 0.3) is 0 Å². The molecule has 15 atom stereocenters. The monoisotopic (exact) mass is 581 g/mol. The summed E-state index contributed by atoms with van der Waals surface area (Å²) in [7, 11) is 1.43. The number of aliphatic hydroxyl groups is 7. The molecule has 3 aliphatic rings. The smallest absolute Gasteiger partial charge is 0.190 e. The Kier molecular flexibility index (Phi) is 10.2. The van der Waals surface area contributed by atoms with Gasteiger partial charge in [-0.1, -0.05) is 0 Å². The van der Waals surface area contributed by atoms with Crippen molar-refractivity contribution in [2.24, 2.45) is 32.9 Å². The van der Waals surface area contributed by atoms with E-state index in [1.165, 1.54) is 14.0 Å². The van der Waals surface area contributed by atoms with Crippen LogP contribution in [0.1, 0.15) is 6.92 Å². The minimum absolute atomic E-state index is 0.123. The predicted octanol–water partition coefficient (Wildman–Crippen LogP) is -8.16. The molecule has 15 unspecified atom stereocenters. The van der Waals surface area contributed by atoms with Crippen LogP contribution in [0.3, 0.4) is 0 Å². The second-order valence-electron chi connectivity index (χ2n) is 9.89. The molecule has 16 N–H and O–H groups in total. The molecule has 2 saturated heterocycles. The molecule has 3 fully saturated rings. The van der Waals surface area contributed by atoms with E-state index in [0.717, 1.165) is 0 Å². The quantitative estimate of drug-likeness (QED) is 0.0682. The number of nitrogens with two attached hydrogens (primary N) is 4. The average Bonchev–Trinajstić information content (AvgIpc) is 3.13. The van der Waals surface area contributed by atoms with Gasteiger partial charge in [0.1, 0.15) is 60.9 Å². The summed E-state index contributed by atoms with van der Waals surface area (Å²) in [6.07, 6.45) is -17.4. The van der Waals surface area contributed by atoms with E-state index in [1.807, 2.05) is 0 Å². The molecule has 0 radical (unpaired) electrons. The van der Waals surface area contributed by atoms with Gasteiger partial charge in [0.15, 0.2) is 36.4 Å². The van der Waals surface area contributed by atoms with Crippen molar-refractivity contribution >= 4 is 18.2 Å². The lowest BCUT2D eigenvalue weighted by Gasteiger charge is -2.45. The molecular weight excluding hydrogens is 542 g/mol. The van der Waals surface area contributed by atoms with Crippen molar-refractivity contribution in [2.75, 3.05) is 13.7 Å². The number of aldehydes is 1. The topological polar surface area (TPSA) is 336 Å². The van der Waals surface area contributed by atoms with Gasteiger partial charge in [-0.2, -0.15) is 0 Å².